The van der Waals surface area contributed by atoms with Crippen molar-refractivity contribution in [2.45, 2.75) is 26.2 Å². The maximum atomic E-state index is 6.37. The second-order valence-electron chi connectivity index (χ2n) is 14.2. The van der Waals surface area contributed by atoms with Gasteiger partial charge in [0.2, 0.25) is 0 Å². The monoisotopic (exact) mass is 630 g/mol. The van der Waals surface area contributed by atoms with Gasteiger partial charge in [-0.05, 0) is 76.7 Å². The number of benzene rings is 7. The highest BCUT2D eigenvalue weighted by Gasteiger charge is 2.19. The van der Waals surface area contributed by atoms with E-state index in [4.69, 9.17) is 4.42 Å². The third-order valence-corrected chi connectivity index (χ3v) is 10.3. The van der Waals surface area contributed by atoms with Crippen LogP contribution < -0.4 is 0 Å². The summed E-state index contributed by atoms with van der Waals surface area (Å²) in [5.74, 6) is 0. The lowest BCUT2D eigenvalue weighted by Crippen LogP contribution is -2.10. The molecule has 0 atom stereocenters. The molecule has 49 heavy (non-hydrogen) atoms. The Bertz CT molecular complexity index is 2890. The Kier molecular flexibility index (Phi) is 5.84. The first-order valence-corrected chi connectivity index (χ1v) is 17.0. The van der Waals surface area contributed by atoms with E-state index in [1.165, 1.54) is 54.8 Å². The summed E-state index contributed by atoms with van der Waals surface area (Å²) < 4.78 is 11.2. The van der Waals surface area contributed by atoms with E-state index < -0.39 is 0 Å². The van der Waals surface area contributed by atoms with Crippen LogP contribution in [0.5, 0.6) is 0 Å². The number of aromatic nitrogens is 2. The molecule has 3 heteroatoms. The maximum Gasteiger partial charge on any atom is 0.137 e. The van der Waals surface area contributed by atoms with Crippen molar-refractivity contribution < 1.29 is 4.42 Å². The van der Waals surface area contributed by atoms with Crippen LogP contribution in [-0.4, -0.2) is 9.13 Å². The molecule has 10 aromatic rings. The highest BCUT2D eigenvalue weighted by molar-refractivity contribution is 6.18. The second kappa shape index (κ2) is 10.2. The van der Waals surface area contributed by atoms with E-state index in [9.17, 15) is 0 Å². The third-order valence-electron chi connectivity index (χ3n) is 10.3. The van der Waals surface area contributed by atoms with Crippen molar-refractivity contribution in [3.8, 4) is 22.5 Å². The quantitative estimate of drug-likeness (QED) is 0.190. The van der Waals surface area contributed by atoms with Crippen molar-refractivity contribution >= 4 is 65.6 Å². The highest BCUT2D eigenvalue weighted by Crippen LogP contribution is 2.40. The summed E-state index contributed by atoms with van der Waals surface area (Å²) in [4.78, 5) is 0. The third kappa shape index (κ3) is 4.22. The average molecular weight is 631 g/mol. The molecule has 0 aliphatic carbocycles. The fourth-order valence-electron chi connectivity index (χ4n) is 7.81. The normalized spacial score (nSPS) is 12.4. The van der Waals surface area contributed by atoms with Gasteiger partial charge in [0.05, 0.1) is 22.1 Å². The summed E-state index contributed by atoms with van der Waals surface area (Å²) in [6, 6.07) is 55.2. The van der Waals surface area contributed by atoms with Crippen LogP contribution in [0.2, 0.25) is 0 Å². The smallest absolute Gasteiger partial charge is 0.137 e. The van der Waals surface area contributed by atoms with E-state index in [2.05, 4.69) is 169 Å². The molecule has 0 radical (unpaired) electrons. The average Bonchev–Trinajstić information content (AvgIpc) is 3.77. The molecule has 3 aromatic heterocycles. The lowest BCUT2D eigenvalue weighted by Gasteiger charge is -2.19. The molecule has 0 N–H and O–H groups in total. The van der Waals surface area contributed by atoms with Crippen LogP contribution in [0.15, 0.2) is 156 Å². The molecule has 0 aliphatic rings. The van der Waals surface area contributed by atoms with Gasteiger partial charge in [-0.3, -0.25) is 0 Å². The molecule has 10 rings (SSSR count). The summed E-state index contributed by atoms with van der Waals surface area (Å²) >= 11 is 0. The Morgan fingerprint density at radius 3 is 1.59 bits per heavy atom. The molecule has 0 unspecified atom stereocenters. The molecular weight excluding hydrogens is 597 g/mol. The van der Waals surface area contributed by atoms with Gasteiger partial charge in [0.15, 0.2) is 0 Å². The number of rotatable bonds is 3. The van der Waals surface area contributed by atoms with Crippen LogP contribution in [0.4, 0.5) is 0 Å². The van der Waals surface area contributed by atoms with Gasteiger partial charge in [-0.1, -0.05) is 112 Å². The number of hydrogen-bond donors (Lipinski definition) is 0. The topological polar surface area (TPSA) is 23.0 Å². The predicted molar refractivity (Wildman–Crippen MR) is 207 cm³/mol. The summed E-state index contributed by atoms with van der Waals surface area (Å²) in [5.41, 5.74) is 12.8. The van der Waals surface area contributed by atoms with Crippen molar-refractivity contribution in [3.05, 3.63) is 157 Å². The molecule has 3 heterocycles. The number of para-hydroxylation sites is 3. The van der Waals surface area contributed by atoms with Crippen molar-refractivity contribution in [1.29, 1.82) is 0 Å². The fourth-order valence-corrected chi connectivity index (χ4v) is 7.81. The zero-order chi connectivity index (χ0) is 32.9. The summed E-state index contributed by atoms with van der Waals surface area (Å²) in [6.07, 6.45) is 0. The van der Waals surface area contributed by atoms with Gasteiger partial charge in [0.1, 0.15) is 11.2 Å². The van der Waals surface area contributed by atoms with Crippen molar-refractivity contribution in [2.75, 3.05) is 0 Å². The van der Waals surface area contributed by atoms with Crippen molar-refractivity contribution in [1.82, 2.24) is 9.13 Å². The number of nitrogens with zero attached hydrogens (tertiary/aromatic N) is 2. The molecule has 234 valence electrons. The van der Waals surface area contributed by atoms with Gasteiger partial charge in [-0.25, -0.2) is 0 Å². The van der Waals surface area contributed by atoms with Crippen LogP contribution >= 0.6 is 0 Å². The molecular formula is C46H34N2O. The maximum absolute atomic E-state index is 6.37. The Morgan fingerprint density at radius 1 is 0.388 bits per heavy atom. The SMILES string of the molecule is CC(C)(C)c1ccc(-c2ccc(-n3c4ccccc4c4cc(-n5c6ccccc6c6cc7c(cc65)oc5ccccc57)ccc43)cc2)cc1. The Labute approximate surface area is 284 Å². The number of furan rings is 1. The first-order valence-electron chi connectivity index (χ1n) is 17.0. The van der Waals surface area contributed by atoms with Gasteiger partial charge >= 0.3 is 0 Å². The van der Waals surface area contributed by atoms with Crippen LogP contribution in [0.25, 0.3) is 88.1 Å². The van der Waals surface area contributed by atoms with E-state index in [0.29, 0.717) is 0 Å². The minimum absolute atomic E-state index is 0.140. The zero-order valence-corrected chi connectivity index (χ0v) is 27.7. The second-order valence-corrected chi connectivity index (χ2v) is 14.2. The minimum atomic E-state index is 0.140. The molecule has 7 aromatic carbocycles. The van der Waals surface area contributed by atoms with Gasteiger partial charge in [0, 0.05) is 49.8 Å². The van der Waals surface area contributed by atoms with Gasteiger partial charge in [-0.2, -0.15) is 0 Å². The van der Waals surface area contributed by atoms with Gasteiger partial charge in [-0.15, -0.1) is 0 Å². The largest absolute Gasteiger partial charge is 0.456 e. The van der Waals surface area contributed by atoms with Crippen LogP contribution in [0, 0.1) is 0 Å². The number of hydrogen-bond acceptors (Lipinski definition) is 1. The Morgan fingerprint density at radius 2 is 0.918 bits per heavy atom. The van der Waals surface area contributed by atoms with E-state index in [-0.39, 0.29) is 5.41 Å². The van der Waals surface area contributed by atoms with E-state index in [0.717, 1.165) is 38.8 Å². The van der Waals surface area contributed by atoms with E-state index in [1.54, 1.807) is 0 Å². The first-order chi connectivity index (χ1) is 23.9. The van der Waals surface area contributed by atoms with E-state index >= 15 is 0 Å². The molecule has 0 amide bonds. The Hall–Kier alpha value is -6.06. The first kappa shape index (κ1) is 28.0. The molecule has 0 aliphatic heterocycles. The lowest BCUT2D eigenvalue weighted by atomic mass is 9.86. The van der Waals surface area contributed by atoms with Crippen LogP contribution in [0.1, 0.15) is 26.3 Å². The van der Waals surface area contributed by atoms with Gasteiger partial charge in [0.25, 0.3) is 0 Å². The minimum Gasteiger partial charge on any atom is -0.456 e. The summed E-state index contributed by atoms with van der Waals surface area (Å²) in [5, 5.41) is 7.23. The van der Waals surface area contributed by atoms with Crippen LogP contribution in [0.3, 0.4) is 0 Å². The molecule has 0 bridgehead atoms. The van der Waals surface area contributed by atoms with E-state index in [1.807, 2.05) is 12.1 Å². The summed E-state index contributed by atoms with van der Waals surface area (Å²) in [6.45, 7) is 6.77. The highest BCUT2D eigenvalue weighted by atomic mass is 16.3. The molecule has 0 spiro atoms. The zero-order valence-electron chi connectivity index (χ0n) is 27.7. The molecule has 0 fully saturated rings. The molecule has 3 nitrogen and oxygen atoms in total. The predicted octanol–water partition coefficient (Wildman–Crippen LogP) is 12.7. The van der Waals surface area contributed by atoms with Crippen molar-refractivity contribution in [3.63, 3.8) is 0 Å². The molecule has 0 saturated carbocycles. The lowest BCUT2D eigenvalue weighted by molar-refractivity contribution is 0.590. The standard InChI is InChI=1S/C46H34N2O/c1-46(2,3)31-20-16-29(17-21-31)30-18-22-32(23-19-30)47-40-13-7-4-10-34(40)37-26-33(24-25-42(37)47)48-41-14-8-5-11-35(41)38-27-39-36-12-6-9-15-44(36)49-45(39)28-43(38)48/h4-28H,1-3H3. The molecule has 0 saturated heterocycles. The van der Waals surface area contributed by atoms with Crippen LogP contribution in [-0.2, 0) is 5.41 Å². The fraction of sp³-hybridized carbons (Fsp3) is 0.0870. The number of fused-ring (bicyclic) bond motifs is 9. The van der Waals surface area contributed by atoms with Crippen molar-refractivity contribution in [2.24, 2.45) is 0 Å². The summed E-state index contributed by atoms with van der Waals surface area (Å²) in [7, 11) is 0. The Balaban J connectivity index is 1.14. The van der Waals surface area contributed by atoms with Gasteiger partial charge < -0.3 is 13.6 Å².